The van der Waals surface area contributed by atoms with Crippen LogP contribution in [0.1, 0.15) is 23.2 Å². The molecule has 0 fully saturated rings. The topological polar surface area (TPSA) is 22.1 Å². The number of nitrogens with zero attached hydrogens (tertiary/aromatic N) is 1. The third-order valence-corrected chi connectivity index (χ3v) is 2.21. The smallest absolute Gasteiger partial charge is 0.268 e. The first-order valence-corrected chi connectivity index (χ1v) is 4.51. The maximum Gasteiger partial charge on any atom is 0.268 e. The van der Waals surface area contributed by atoms with E-state index in [1.807, 2.05) is 0 Å². The number of pyridine rings is 1. The third kappa shape index (κ3) is 1.95. The van der Waals surface area contributed by atoms with Gasteiger partial charge in [-0.2, -0.15) is 0 Å². The highest BCUT2D eigenvalue weighted by atomic mass is 35.5. The lowest BCUT2D eigenvalue weighted by Crippen LogP contribution is -2.01. The van der Waals surface area contributed by atoms with Crippen LogP contribution < -0.4 is 4.74 Å². The Morgan fingerprint density at radius 3 is 2.64 bits per heavy atom. The molecule has 1 rings (SSSR count). The van der Waals surface area contributed by atoms with Crippen molar-refractivity contribution in [2.75, 3.05) is 7.11 Å². The Bertz CT molecular complexity index is 331. The summed E-state index contributed by atoms with van der Waals surface area (Å²) in [7, 11) is 1.35. The SMILES string of the molecule is COc1c(C(F)F)cnc(CCl)c1C. The summed E-state index contributed by atoms with van der Waals surface area (Å²) in [6.45, 7) is 1.66. The lowest BCUT2D eigenvalue weighted by Gasteiger charge is -2.12. The summed E-state index contributed by atoms with van der Waals surface area (Å²) >= 11 is 5.59. The van der Waals surface area contributed by atoms with Crippen LogP contribution in [0.3, 0.4) is 0 Å². The van der Waals surface area contributed by atoms with Crippen LogP contribution in [0, 0.1) is 6.92 Å². The van der Waals surface area contributed by atoms with E-state index in [1.165, 1.54) is 7.11 Å². The van der Waals surface area contributed by atoms with Crippen LogP contribution in [0.2, 0.25) is 0 Å². The summed E-state index contributed by atoms with van der Waals surface area (Å²) in [6, 6.07) is 0. The monoisotopic (exact) mass is 221 g/mol. The number of alkyl halides is 3. The molecule has 0 aliphatic heterocycles. The van der Waals surface area contributed by atoms with Gasteiger partial charge in [0.2, 0.25) is 0 Å². The van der Waals surface area contributed by atoms with Gasteiger partial charge in [-0.05, 0) is 6.92 Å². The molecule has 0 unspecified atom stereocenters. The lowest BCUT2D eigenvalue weighted by atomic mass is 10.1. The number of hydrogen-bond donors (Lipinski definition) is 0. The normalized spacial score (nSPS) is 10.7. The molecule has 14 heavy (non-hydrogen) atoms. The van der Waals surface area contributed by atoms with Crippen molar-refractivity contribution in [3.05, 3.63) is 23.0 Å². The fourth-order valence-corrected chi connectivity index (χ4v) is 1.48. The molecule has 1 heterocycles. The molecule has 1 aromatic rings. The quantitative estimate of drug-likeness (QED) is 0.732. The van der Waals surface area contributed by atoms with Crippen molar-refractivity contribution in [1.29, 1.82) is 0 Å². The maximum absolute atomic E-state index is 12.5. The van der Waals surface area contributed by atoms with E-state index < -0.39 is 6.43 Å². The van der Waals surface area contributed by atoms with Gasteiger partial charge in [-0.25, -0.2) is 8.78 Å². The summed E-state index contributed by atoms with van der Waals surface area (Å²) in [5.41, 5.74) is 0.937. The molecule has 0 aliphatic carbocycles. The van der Waals surface area contributed by atoms with Gasteiger partial charge in [0.1, 0.15) is 5.75 Å². The Kier molecular flexibility index (Phi) is 3.63. The highest BCUT2D eigenvalue weighted by molar-refractivity contribution is 6.17. The molecule has 0 spiro atoms. The first kappa shape index (κ1) is 11.2. The van der Waals surface area contributed by atoms with Gasteiger partial charge in [0.05, 0.1) is 24.2 Å². The fraction of sp³-hybridized carbons (Fsp3) is 0.444. The summed E-state index contributed by atoms with van der Waals surface area (Å²) in [4.78, 5) is 3.83. The van der Waals surface area contributed by atoms with E-state index in [0.717, 1.165) is 6.20 Å². The first-order valence-electron chi connectivity index (χ1n) is 3.98. The molecule has 0 atom stereocenters. The Morgan fingerprint density at radius 2 is 2.21 bits per heavy atom. The highest BCUT2D eigenvalue weighted by Gasteiger charge is 2.18. The van der Waals surface area contributed by atoms with Crippen LogP contribution in [0.5, 0.6) is 5.75 Å². The zero-order valence-electron chi connectivity index (χ0n) is 7.85. The summed E-state index contributed by atoms with van der Waals surface area (Å²) in [5.74, 6) is 0.358. The zero-order chi connectivity index (χ0) is 10.7. The molecular formula is C9H10ClF2NO. The van der Waals surface area contributed by atoms with Crippen molar-refractivity contribution < 1.29 is 13.5 Å². The van der Waals surface area contributed by atoms with Crippen molar-refractivity contribution in [1.82, 2.24) is 4.98 Å². The van der Waals surface area contributed by atoms with Gasteiger partial charge in [-0.1, -0.05) is 0 Å². The molecule has 0 saturated carbocycles. The van der Waals surface area contributed by atoms with E-state index in [4.69, 9.17) is 16.3 Å². The van der Waals surface area contributed by atoms with Crippen LogP contribution in [-0.2, 0) is 5.88 Å². The second kappa shape index (κ2) is 4.55. The number of methoxy groups -OCH3 is 1. The van der Waals surface area contributed by atoms with Gasteiger partial charge < -0.3 is 4.74 Å². The summed E-state index contributed by atoms with van der Waals surface area (Å²) in [5, 5.41) is 0. The van der Waals surface area contributed by atoms with Crippen molar-refractivity contribution >= 4 is 11.6 Å². The van der Waals surface area contributed by atoms with E-state index in [1.54, 1.807) is 6.92 Å². The molecule has 0 aromatic carbocycles. The number of hydrogen-bond acceptors (Lipinski definition) is 2. The van der Waals surface area contributed by atoms with Crippen molar-refractivity contribution in [2.45, 2.75) is 19.2 Å². The van der Waals surface area contributed by atoms with Gasteiger partial charge in [0, 0.05) is 11.8 Å². The van der Waals surface area contributed by atoms with Gasteiger partial charge in [-0.3, -0.25) is 4.98 Å². The average Bonchev–Trinajstić information content (AvgIpc) is 2.17. The molecule has 2 nitrogen and oxygen atoms in total. The van der Waals surface area contributed by atoms with Crippen LogP contribution in [-0.4, -0.2) is 12.1 Å². The van der Waals surface area contributed by atoms with Gasteiger partial charge in [0.15, 0.2) is 0 Å². The van der Waals surface area contributed by atoms with E-state index in [2.05, 4.69) is 4.98 Å². The standard InChI is InChI=1S/C9H10ClF2NO/c1-5-7(3-10)13-4-6(9(11)12)8(5)14-2/h4,9H,3H2,1-2H3. The van der Waals surface area contributed by atoms with Gasteiger partial charge in [-0.15, -0.1) is 11.6 Å². The summed E-state index contributed by atoms with van der Waals surface area (Å²) < 4.78 is 29.9. The van der Waals surface area contributed by atoms with E-state index >= 15 is 0 Å². The number of halogens is 3. The molecule has 78 valence electrons. The van der Waals surface area contributed by atoms with E-state index in [-0.39, 0.29) is 17.2 Å². The van der Waals surface area contributed by atoms with Crippen molar-refractivity contribution in [3.8, 4) is 5.75 Å². The molecule has 0 aliphatic rings. The van der Waals surface area contributed by atoms with Crippen LogP contribution in [0.15, 0.2) is 6.20 Å². The Balaban J connectivity index is 3.28. The molecule has 0 amide bonds. The van der Waals surface area contributed by atoms with Gasteiger partial charge in [0.25, 0.3) is 6.43 Å². The predicted molar refractivity (Wildman–Crippen MR) is 50.0 cm³/mol. The largest absolute Gasteiger partial charge is 0.496 e. The average molecular weight is 222 g/mol. The minimum Gasteiger partial charge on any atom is -0.496 e. The van der Waals surface area contributed by atoms with Crippen molar-refractivity contribution in [3.63, 3.8) is 0 Å². The minimum absolute atomic E-state index is 0.172. The Labute approximate surface area is 85.9 Å². The Morgan fingerprint density at radius 1 is 1.57 bits per heavy atom. The third-order valence-electron chi connectivity index (χ3n) is 1.96. The van der Waals surface area contributed by atoms with E-state index in [0.29, 0.717) is 11.3 Å². The highest BCUT2D eigenvalue weighted by Crippen LogP contribution is 2.32. The number of rotatable bonds is 3. The van der Waals surface area contributed by atoms with Gasteiger partial charge >= 0.3 is 0 Å². The second-order valence-electron chi connectivity index (χ2n) is 2.75. The fourth-order valence-electron chi connectivity index (χ4n) is 1.21. The van der Waals surface area contributed by atoms with E-state index in [9.17, 15) is 8.78 Å². The van der Waals surface area contributed by atoms with Crippen LogP contribution in [0.25, 0.3) is 0 Å². The lowest BCUT2D eigenvalue weighted by molar-refractivity contribution is 0.146. The molecule has 0 bridgehead atoms. The zero-order valence-corrected chi connectivity index (χ0v) is 8.61. The minimum atomic E-state index is -2.58. The molecule has 1 aromatic heterocycles. The molecule has 0 N–H and O–H groups in total. The Hall–Kier alpha value is -0.900. The number of aromatic nitrogens is 1. The number of ether oxygens (including phenoxy) is 1. The van der Waals surface area contributed by atoms with Crippen LogP contribution >= 0.6 is 11.6 Å². The molecule has 0 radical (unpaired) electrons. The maximum atomic E-state index is 12.5. The first-order chi connectivity index (χ1) is 6.61. The predicted octanol–water partition coefficient (Wildman–Crippen LogP) is 3.08. The van der Waals surface area contributed by atoms with Crippen molar-refractivity contribution in [2.24, 2.45) is 0 Å². The molecule has 5 heteroatoms. The molecular weight excluding hydrogens is 212 g/mol. The summed E-state index contributed by atoms with van der Waals surface area (Å²) in [6.07, 6.45) is -1.48. The second-order valence-corrected chi connectivity index (χ2v) is 3.02. The van der Waals surface area contributed by atoms with Crippen LogP contribution in [0.4, 0.5) is 8.78 Å². The molecule has 0 saturated heterocycles.